The lowest BCUT2D eigenvalue weighted by molar-refractivity contribution is -0.140. The first-order valence-corrected chi connectivity index (χ1v) is 8.31. The lowest BCUT2D eigenvalue weighted by Crippen LogP contribution is -2.59. The average Bonchev–Trinajstić information content (AvgIpc) is 3.01. The summed E-state index contributed by atoms with van der Waals surface area (Å²) in [4.78, 5) is 36.8. The molecule has 1 saturated heterocycles. The standard InChI is InChI=1S/C16H24N2O4/c17-14(20)13(10-5-2-1-3-6-10)15(21)18-16-8-4-7-12(16)22-9-11(16)19/h10,12-13H,1-9H2,(H2,17,20)(H,18,21). The van der Waals surface area contributed by atoms with Crippen LogP contribution in [-0.4, -0.2) is 35.8 Å². The van der Waals surface area contributed by atoms with Crippen molar-refractivity contribution in [3.8, 4) is 0 Å². The van der Waals surface area contributed by atoms with E-state index in [0.29, 0.717) is 6.42 Å². The third-order valence-corrected chi connectivity index (χ3v) is 5.56. The molecule has 3 fully saturated rings. The number of Topliss-reactive ketones (excluding diaryl/α,β-unsaturated/α-hetero) is 1. The molecule has 0 aromatic rings. The van der Waals surface area contributed by atoms with Crippen molar-refractivity contribution in [2.75, 3.05) is 6.61 Å². The minimum absolute atomic E-state index is 0.0000680. The number of hydrogen-bond donors (Lipinski definition) is 2. The minimum atomic E-state index is -0.917. The van der Waals surface area contributed by atoms with Gasteiger partial charge >= 0.3 is 0 Å². The predicted molar refractivity (Wildman–Crippen MR) is 78.7 cm³/mol. The van der Waals surface area contributed by atoms with Crippen molar-refractivity contribution in [3.05, 3.63) is 0 Å². The van der Waals surface area contributed by atoms with E-state index in [0.717, 1.165) is 44.9 Å². The normalized spacial score (nSPS) is 33.5. The van der Waals surface area contributed by atoms with Gasteiger partial charge in [-0.1, -0.05) is 19.3 Å². The van der Waals surface area contributed by atoms with E-state index in [1.807, 2.05) is 0 Å². The predicted octanol–water partition coefficient (Wildman–Crippen LogP) is 0.675. The molecule has 0 aromatic carbocycles. The highest BCUT2D eigenvalue weighted by Crippen LogP contribution is 2.39. The van der Waals surface area contributed by atoms with E-state index in [2.05, 4.69) is 5.32 Å². The minimum Gasteiger partial charge on any atom is -0.369 e. The van der Waals surface area contributed by atoms with Gasteiger partial charge in [-0.25, -0.2) is 0 Å². The third kappa shape index (κ3) is 2.53. The van der Waals surface area contributed by atoms with Crippen LogP contribution in [0, 0.1) is 11.8 Å². The molecule has 1 heterocycles. The zero-order valence-electron chi connectivity index (χ0n) is 12.8. The highest BCUT2D eigenvalue weighted by molar-refractivity contribution is 6.03. The van der Waals surface area contributed by atoms with Crippen LogP contribution < -0.4 is 11.1 Å². The molecular formula is C16H24N2O4. The molecule has 0 spiro atoms. The summed E-state index contributed by atoms with van der Waals surface area (Å²) in [6, 6.07) is 0. The van der Waals surface area contributed by atoms with Crippen LogP contribution in [-0.2, 0) is 19.1 Å². The number of rotatable bonds is 4. The van der Waals surface area contributed by atoms with Gasteiger partial charge in [0.25, 0.3) is 0 Å². The number of amides is 2. The third-order valence-electron chi connectivity index (χ3n) is 5.56. The molecule has 6 heteroatoms. The zero-order valence-corrected chi connectivity index (χ0v) is 12.8. The van der Waals surface area contributed by atoms with Gasteiger partial charge in [0.1, 0.15) is 18.1 Å². The lowest BCUT2D eigenvalue weighted by atomic mass is 9.78. The van der Waals surface area contributed by atoms with Crippen molar-refractivity contribution in [1.82, 2.24) is 5.32 Å². The van der Waals surface area contributed by atoms with Gasteiger partial charge in [-0.2, -0.15) is 0 Å². The fraction of sp³-hybridized carbons (Fsp3) is 0.812. The zero-order chi connectivity index (χ0) is 15.7. The van der Waals surface area contributed by atoms with Crippen LogP contribution in [0.4, 0.5) is 0 Å². The van der Waals surface area contributed by atoms with E-state index in [9.17, 15) is 14.4 Å². The highest BCUT2D eigenvalue weighted by Gasteiger charge is 2.55. The van der Waals surface area contributed by atoms with E-state index >= 15 is 0 Å². The fourth-order valence-electron chi connectivity index (χ4n) is 4.38. The van der Waals surface area contributed by atoms with Gasteiger partial charge < -0.3 is 15.8 Å². The van der Waals surface area contributed by atoms with Crippen LogP contribution in [0.5, 0.6) is 0 Å². The average molecular weight is 308 g/mol. The topological polar surface area (TPSA) is 98.5 Å². The number of carbonyl (C=O) groups excluding carboxylic acids is 3. The van der Waals surface area contributed by atoms with Crippen LogP contribution in [0.3, 0.4) is 0 Å². The molecule has 0 radical (unpaired) electrons. The Morgan fingerprint density at radius 3 is 2.59 bits per heavy atom. The van der Waals surface area contributed by atoms with Gasteiger partial charge in [-0.15, -0.1) is 0 Å². The second-order valence-electron chi connectivity index (χ2n) is 6.85. The van der Waals surface area contributed by atoms with Crippen LogP contribution in [0.1, 0.15) is 51.4 Å². The Morgan fingerprint density at radius 2 is 1.91 bits per heavy atom. The number of nitrogens with one attached hydrogen (secondary N) is 1. The Morgan fingerprint density at radius 1 is 1.18 bits per heavy atom. The first-order valence-electron chi connectivity index (χ1n) is 8.31. The number of primary amides is 1. The number of fused-ring (bicyclic) bond motifs is 1. The SMILES string of the molecule is NC(=O)C(C(=O)NC12CCCC1OCC2=O)C1CCCCC1. The Kier molecular flexibility index (Phi) is 4.21. The lowest BCUT2D eigenvalue weighted by Gasteiger charge is -2.32. The number of ether oxygens (including phenoxy) is 1. The molecule has 2 amide bonds. The van der Waals surface area contributed by atoms with Crippen LogP contribution in [0.2, 0.25) is 0 Å². The largest absolute Gasteiger partial charge is 0.369 e. The second-order valence-corrected chi connectivity index (χ2v) is 6.85. The molecule has 1 aliphatic heterocycles. The van der Waals surface area contributed by atoms with Crippen molar-refractivity contribution in [1.29, 1.82) is 0 Å². The summed E-state index contributed by atoms with van der Waals surface area (Å²) < 4.78 is 5.50. The van der Waals surface area contributed by atoms with Crippen molar-refractivity contribution < 1.29 is 19.1 Å². The Balaban J connectivity index is 1.76. The van der Waals surface area contributed by atoms with Gasteiger partial charge in [0.2, 0.25) is 11.8 Å². The molecule has 3 aliphatic rings. The molecule has 0 bridgehead atoms. The van der Waals surface area contributed by atoms with Crippen molar-refractivity contribution in [2.45, 2.75) is 63.0 Å². The van der Waals surface area contributed by atoms with Gasteiger partial charge in [-0.05, 0) is 38.0 Å². The second kappa shape index (κ2) is 5.99. The van der Waals surface area contributed by atoms with E-state index in [-0.39, 0.29) is 30.3 Å². The first kappa shape index (κ1) is 15.5. The summed E-state index contributed by atoms with van der Waals surface area (Å²) in [6.07, 6.45) is 6.86. The fourth-order valence-corrected chi connectivity index (χ4v) is 4.38. The monoisotopic (exact) mass is 308 g/mol. The molecule has 2 saturated carbocycles. The highest BCUT2D eigenvalue weighted by atomic mass is 16.5. The first-order chi connectivity index (χ1) is 10.5. The Bertz CT molecular complexity index is 487. The smallest absolute Gasteiger partial charge is 0.233 e. The summed E-state index contributed by atoms with van der Waals surface area (Å²) >= 11 is 0. The number of nitrogens with two attached hydrogens (primary N) is 1. The summed E-state index contributed by atoms with van der Waals surface area (Å²) in [5, 5.41) is 2.87. The van der Waals surface area contributed by atoms with Crippen molar-refractivity contribution in [2.24, 2.45) is 17.6 Å². The maximum Gasteiger partial charge on any atom is 0.233 e. The maximum atomic E-state index is 12.7. The summed E-state index contributed by atoms with van der Waals surface area (Å²) in [5.41, 5.74) is 4.58. The molecule has 0 aromatic heterocycles. The molecule has 6 nitrogen and oxygen atoms in total. The van der Waals surface area contributed by atoms with E-state index < -0.39 is 17.4 Å². The number of carbonyl (C=O) groups is 3. The van der Waals surface area contributed by atoms with Gasteiger partial charge in [0.05, 0.1) is 6.10 Å². The molecule has 3 unspecified atom stereocenters. The van der Waals surface area contributed by atoms with Crippen LogP contribution in [0.15, 0.2) is 0 Å². The Labute approximate surface area is 130 Å². The maximum absolute atomic E-state index is 12.7. The van der Waals surface area contributed by atoms with E-state index in [1.54, 1.807) is 0 Å². The quantitative estimate of drug-likeness (QED) is 0.746. The van der Waals surface area contributed by atoms with Crippen molar-refractivity contribution >= 4 is 17.6 Å². The van der Waals surface area contributed by atoms with E-state index in [4.69, 9.17) is 10.5 Å². The summed E-state index contributed by atoms with van der Waals surface area (Å²) in [5.74, 6) is -1.87. The van der Waals surface area contributed by atoms with Crippen molar-refractivity contribution in [3.63, 3.8) is 0 Å². The van der Waals surface area contributed by atoms with Gasteiger partial charge in [0.15, 0.2) is 5.78 Å². The molecule has 3 N–H and O–H groups in total. The van der Waals surface area contributed by atoms with Gasteiger partial charge in [-0.3, -0.25) is 14.4 Å². The van der Waals surface area contributed by atoms with Gasteiger partial charge in [0, 0.05) is 0 Å². The van der Waals surface area contributed by atoms with Crippen LogP contribution >= 0.6 is 0 Å². The molecule has 2 aliphatic carbocycles. The molecular weight excluding hydrogens is 284 g/mol. The van der Waals surface area contributed by atoms with E-state index in [1.165, 1.54) is 0 Å². The van der Waals surface area contributed by atoms with Crippen LogP contribution in [0.25, 0.3) is 0 Å². The Hall–Kier alpha value is -1.43. The summed E-state index contributed by atoms with van der Waals surface area (Å²) in [7, 11) is 0. The molecule has 22 heavy (non-hydrogen) atoms. The summed E-state index contributed by atoms with van der Waals surface area (Å²) in [6.45, 7) is 0.0512. The molecule has 3 atom stereocenters. The molecule has 3 rings (SSSR count). The number of hydrogen-bond acceptors (Lipinski definition) is 4. The number of ketones is 1. The molecule has 122 valence electrons.